The zero-order valence-electron chi connectivity index (χ0n) is 16.7. The summed E-state index contributed by atoms with van der Waals surface area (Å²) in [5.74, 6) is 1.04. The molecule has 0 atom stereocenters. The molecule has 2 N–H and O–H groups in total. The SMILES string of the molecule is O=C(NCC1CCC(c2nnc(-c3cnccn3)o2)CC1)c1cc2c(F)cccc2[nH]1. The average Bonchev–Trinajstić information content (AvgIpc) is 3.47. The molecule has 1 aromatic carbocycles. The minimum absolute atomic E-state index is 0.210. The highest BCUT2D eigenvalue weighted by Gasteiger charge is 2.27. The predicted molar refractivity (Wildman–Crippen MR) is 111 cm³/mol. The number of nitrogens with one attached hydrogen (secondary N) is 2. The van der Waals surface area contributed by atoms with Crippen LogP contribution in [-0.2, 0) is 0 Å². The lowest BCUT2D eigenvalue weighted by molar-refractivity contribution is 0.0938. The monoisotopic (exact) mass is 420 g/mol. The lowest BCUT2D eigenvalue weighted by Crippen LogP contribution is -2.31. The Hall–Kier alpha value is -3.62. The molecule has 158 valence electrons. The summed E-state index contributed by atoms with van der Waals surface area (Å²) in [4.78, 5) is 23.7. The van der Waals surface area contributed by atoms with E-state index in [1.165, 1.54) is 6.07 Å². The number of carbonyl (C=O) groups is 1. The van der Waals surface area contributed by atoms with Crippen molar-refractivity contribution in [2.75, 3.05) is 6.54 Å². The minimum atomic E-state index is -0.338. The first-order chi connectivity index (χ1) is 15.2. The third-order valence-corrected chi connectivity index (χ3v) is 5.83. The summed E-state index contributed by atoms with van der Waals surface area (Å²) in [7, 11) is 0. The lowest BCUT2D eigenvalue weighted by atomic mass is 9.82. The molecule has 3 heterocycles. The van der Waals surface area contributed by atoms with Gasteiger partial charge in [-0.2, -0.15) is 0 Å². The van der Waals surface area contributed by atoms with Gasteiger partial charge < -0.3 is 14.7 Å². The van der Waals surface area contributed by atoms with E-state index in [4.69, 9.17) is 4.42 Å². The van der Waals surface area contributed by atoms with Crippen molar-refractivity contribution in [2.24, 2.45) is 5.92 Å². The summed E-state index contributed by atoms with van der Waals surface area (Å²) >= 11 is 0. The molecule has 9 heteroatoms. The molecule has 1 amide bonds. The van der Waals surface area contributed by atoms with E-state index in [0.29, 0.717) is 46.5 Å². The van der Waals surface area contributed by atoms with E-state index in [-0.39, 0.29) is 17.6 Å². The van der Waals surface area contributed by atoms with Crippen LogP contribution in [0, 0.1) is 11.7 Å². The first kappa shape index (κ1) is 19.3. The highest BCUT2D eigenvalue weighted by Crippen LogP contribution is 2.35. The standard InChI is InChI=1S/C22H21FN6O2/c23-16-2-1-3-17-15(16)10-18(27-17)20(30)26-11-13-4-6-14(7-5-13)21-28-29-22(31-21)19-12-24-8-9-25-19/h1-3,8-10,12-14,27H,4-7,11H2,(H,26,30). The molecular weight excluding hydrogens is 399 g/mol. The van der Waals surface area contributed by atoms with Crippen molar-refractivity contribution in [1.82, 2.24) is 30.5 Å². The van der Waals surface area contributed by atoms with Crippen LogP contribution in [0.2, 0.25) is 0 Å². The summed E-state index contributed by atoms with van der Waals surface area (Å²) in [5, 5.41) is 11.7. The number of benzene rings is 1. The molecule has 0 saturated heterocycles. The molecule has 0 aliphatic heterocycles. The van der Waals surface area contributed by atoms with Crippen molar-refractivity contribution in [3.05, 3.63) is 60.3 Å². The first-order valence-corrected chi connectivity index (χ1v) is 10.3. The highest BCUT2D eigenvalue weighted by atomic mass is 19.1. The molecule has 0 bridgehead atoms. The largest absolute Gasteiger partial charge is 0.419 e. The fourth-order valence-electron chi connectivity index (χ4n) is 4.10. The van der Waals surface area contributed by atoms with Crippen LogP contribution in [0.25, 0.3) is 22.5 Å². The van der Waals surface area contributed by atoms with Crippen molar-refractivity contribution >= 4 is 16.8 Å². The number of hydrogen-bond donors (Lipinski definition) is 2. The number of aromatic nitrogens is 5. The van der Waals surface area contributed by atoms with Crippen LogP contribution in [0.1, 0.15) is 48.0 Å². The maximum atomic E-state index is 13.8. The number of carbonyl (C=O) groups excluding carboxylic acids is 1. The number of rotatable bonds is 5. The summed E-state index contributed by atoms with van der Waals surface area (Å²) in [6.07, 6.45) is 8.52. The highest BCUT2D eigenvalue weighted by molar-refractivity contribution is 5.98. The molecule has 0 unspecified atom stereocenters. The van der Waals surface area contributed by atoms with Gasteiger partial charge in [0.15, 0.2) is 0 Å². The fraction of sp³-hybridized carbons (Fsp3) is 0.318. The predicted octanol–water partition coefficient (Wildman–Crippen LogP) is 3.85. The second kappa shape index (κ2) is 8.25. The van der Waals surface area contributed by atoms with Crippen LogP contribution in [0.3, 0.4) is 0 Å². The number of halogens is 1. The first-order valence-electron chi connectivity index (χ1n) is 10.3. The van der Waals surface area contributed by atoms with Crippen molar-refractivity contribution in [1.29, 1.82) is 0 Å². The molecule has 1 fully saturated rings. The lowest BCUT2D eigenvalue weighted by Gasteiger charge is -2.26. The molecule has 31 heavy (non-hydrogen) atoms. The number of fused-ring (bicyclic) bond motifs is 1. The normalized spacial score (nSPS) is 18.9. The number of nitrogens with zero attached hydrogens (tertiary/aromatic N) is 4. The van der Waals surface area contributed by atoms with E-state index < -0.39 is 0 Å². The van der Waals surface area contributed by atoms with Gasteiger partial charge >= 0.3 is 0 Å². The number of hydrogen-bond acceptors (Lipinski definition) is 6. The Morgan fingerprint density at radius 3 is 2.84 bits per heavy atom. The Morgan fingerprint density at radius 2 is 2.06 bits per heavy atom. The van der Waals surface area contributed by atoms with Gasteiger partial charge in [-0.05, 0) is 49.8 Å². The molecule has 5 rings (SSSR count). The van der Waals surface area contributed by atoms with Crippen LogP contribution in [0.5, 0.6) is 0 Å². The Labute approximate surface area is 177 Å². The van der Waals surface area contributed by atoms with Crippen LogP contribution in [0.4, 0.5) is 4.39 Å². The van der Waals surface area contributed by atoms with Crippen LogP contribution < -0.4 is 5.32 Å². The van der Waals surface area contributed by atoms with Gasteiger partial charge in [-0.25, -0.2) is 9.37 Å². The van der Waals surface area contributed by atoms with E-state index in [2.05, 4.69) is 30.5 Å². The number of aromatic amines is 1. The quantitative estimate of drug-likeness (QED) is 0.508. The van der Waals surface area contributed by atoms with Crippen LogP contribution in [0.15, 0.2) is 47.3 Å². The molecule has 0 radical (unpaired) electrons. The van der Waals surface area contributed by atoms with E-state index >= 15 is 0 Å². The van der Waals surface area contributed by atoms with Gasteiger partial charge in [0.25, 0.3) is 11.8 Å². The third kappa shape index (κ3) is 4.03. The zero-order chi connectivity index (χ0) is 21.2. The maximum absolute atomic E-state index is 13.8. The second-order valence-electron chi connectivity index (χ2n) is 7.85. The molecular formula is C22H21FN6O2. The molecule has 1 aliphatic rings. The van der Waals surface area contributed by atoms with Gasteiger partial charge in [-0.1, -0.05) is 6.07 Å². The van der Waals surface area contributed by atoms with E-state index in [1.807, 2.05) is 0 Å². The van der Waals surface area contributed by atoms with Crippen molar-refractivity contribution in [2.45, 2.75) is 31.6 Å². The Balaban J connectivity index is 1.14. The van der Waals surface area contributed by atoms with Crippen molar-refractivity contribution in [3.8, 4) is 11.6 Å². The second-order valence-corrected chi connectivity index (χ2v) is 7.85. The van der Waals surface area contributed by atoms with Crippen LogP contribution in [-0.4, -0.2) is 37.6 Å². The summed E-state index contributed by atoms with van der Waals surface area (Å²) < 4.78 is 19.6. The minimum Gasteiger partial charge on any atom is -0.419 e. The van der Waals surface area contributed by atoms with E-state index in [0.717, 1.165) is 25.7 Å². The van der Waals surface area contributed by atoms with E-state index in [9.17, 15) is 9.18 Å². The Bertz CT molecular complexity index is 1200. The molecule has 3 aromatic heterocycles. The van der Waals surface area contributed by atoms with Crippen LogP contribution >= 0.6 is 0 Å². The van der Waals surface area contributed by atoms with Gasteiger partial charge in [0.05, 0.1) is 6.20 Å². The molecule has 0 spiro atoms. The molecule has 1 saturated carbocycles. The summed E-state index contributed by atoms with van der Waals surface area (Å²) in [6, 6.07) is 6.31. The third-order valence-electron chi connectivity index (χ3n) is 5.83. The van der Waals surface area contributed by atoms with E-state index in [1.54, 1.807) is 36.8 Å². The molecule has 8 nitrogen and oxygen atoms in total. The Morgan fingerprint density at radius 1 is 1.19 bits per heavy atom. The molecule has 4 aromatic rings. The smallest absolute Gasteiger partial charge is 0.267 e. The zero-order valence-corrected chi connectivity index (χ0v) is 16.7. The topological polar surface area (TPSA) is 110 Å². The number of amides is 1. The fourth-order valence-corrected chi connectivity index (χ4v) is 4.10. The van der Waals surface area contributed by atoms with Gasteiger partial charge in [0, 0.05) is 35.8 Å². The maximum Gasteiger partial charge on any atom is 0.267 e. The van der Waals surface area contributed by atoms with Gasteiger partial charge in [-0.3, -0.25) is 9.78 Å². The van der Waals surface area contributed by atoms with Gasteiger partial charge in [0.1, 0.15) is 17.2 Å². The Kier molecular flexibility index (Phi) is 5.15. The van der Waals surface area contributed by atoms with Crippen molar-refractivity contribution in [3.63, 3.8) is 0 Å². The summed E-state index contributed by atoms with van der Waals surface area (Å²) in [6.45, 7) is 0.581. The summed E-state index contributed by atoms with van der Waals surface area (Å²) in [5.41, 5.74) is 1.55. The average molecular weight is 420 g/mol. The molecule has 1 aliphatic carbocycles. The number of H-pyrrole nitrogens is 1. The van der Waals surface area contributed by atoms with Gasteiger partial charge in [-0.15, -0.1) is 10.2 Å². The van der Waals surface area contributed by atoms with Crippen molar-refractivity contribution < 1.29 is 13.6 Å². The van der Waals surface area contributed by atoms with Gasteiger partial charge in [0.2, 0.25) is 5.89 Å².